The molecule has 5 heteroatoms. The number of benzene rings is 1. The summed E-state index contributed by atoms with van der Waals surface area (Å²) in [5.41, 5.74) is 0. The first-order valence-electron chi connectivity index (χ1n) is 6.62. The monoisotopic (exact) mass is 285 g/mol. The van der Waals surface area contributed by atoms with Crippen LogP contribution in [0.4, 0.5) is 0 Å². The molecule has 1 heterocycles. The van der Waals surface area contributed by atoms with Gasteiger partial charge in [0, 0.05) is 19.7 Å². The Labute approximate surface area is 119 Å². The lowest BCUT2D eigenvalue weighted by atomic mass is 10.3. The fourth-order valence-corrected chi connectivity index (χ4v) is 2.17. The van der Waals surface area contributed by atoms with Crippen molar-refractivity contribution in [2.45, 2.75) is 13.2 Å². The summed E-state index contributed by atoms with van der Waals surface area (Å²) in [7, 11) is 0. The molecule has 1 aromatic carbocycles. The van der Waals surface area contributed by atoms with Crippen molar-refractivity contribution in [2.24, 2.45) is 0 Å². The van der Waals surface area contributed by atoms with Gasteiger partial charge in [-0.1, -0.05) is 23.7 Å². The highest BCUT2D eigenvalue weighted by Crippen LogP contribution is 2.24. The van der Waals surface area contributed by atoms with Crippen molar-refractivity contribution in [1.29, 1.82) is 0 Å². The molecule has 0 N–H and O–H groups in total. The van der Waals surface area contributed by atoms with E-state index in [0.717, 1.165) is 32.8 Å². The molecule has 0 aliphatic carbocycles. The molecule has 19 heavy (non-hydrogen) atoms. The van der Waals surface area contributed by atoms with Crippen LogP contribution in [0.15, 0.2) is 24.3 Å². The minimum atomic E-state index is -0.303. The zero-order valence-corrected chi connectivity index (χ0v) is 11.9. The highest BCUT2D eigenvalue weighted by Gasteiger charge is 2.19. The van der Waals surface area contributed by atoms with Gasteiger partial charge in [-0.3, -0.25) is 4.90 Å². The smallest absolute Gasteiger partial charge is 0.212 e. The highest BCUT2D eigenvalue weighted by atomic mass is 35.5. The van der Waals surface area contributed by atoms with Crippen LogP contribution in [0.2, 0.25) is 5.02 Å². The molecule has 1 unspecified atom stereocenters. The van der Waals surface area contributed by atoms with Gasteiger partial charge in [-0.2, -0.15) is 0 Å². The molecule has 0 bridgehead atoms. The van der Waals surface area contributed by atoms with Gasteiger partial charge in [-0.25, -0.2) is 0 Å². The van der Waals surface area contributed by atoms with Crippen molar-refractivity contribution in [2.75, 3.05) is 39.5 Å². The third-order valence-corrected chi connectivity index (χ3v) is 3.27. The third-order valence-electron chi connectivity index (χ3n) is 2.96. The van der Waals surface area contributed by atoms with Crippen LogP contribution in [0.5, 0.6) is 5.75 Å². The first kappa shape index (κ1) is 14.6. The molecule has 1 fully saturated rings. The molecule has 0 spiro atoms. The minimum Gasteiger partial charge on any atom is -0.462 e. The van der Waals surface area contributed by atoms with E-state index in [1.54, 1.807) is 0 Å². The Balaban J connectivity index is 1.93. The van der Waals surface area contributed by atoms with Crippen LogP contribution in [0, 0.1) is 0 Å². The molecule has 1 aliphatic heterocycles. The zero-order chi connectivity index (χ0) is 13.5. The number of morpholine rings is 1. The third kappa shape index (κ3) is 4.66. The maximum Gasteiger partial charge on any atom is 0.212 e. The summed E-state index contributed by atoms with van der Waals surface area (Å²) in [6.45, 7) is 6.66. The van der Waals surface area contributed by atoms with Crippen molar-refractivity contribution in [1.82, 2.24) is 4.90 Å². The van der Waals surface area contributed by atoms with E-state index >= 15 is 0 Å². The lowest BCUT2D eigenvalue weighted by molar-refractivity contribution is -0.101. The van der Waals surface area contributed by atoms with Gasteiger partial charge in [-0.05, 0) is 19.1 Å². The minimum absolute atomic E-state index is 0.303. The lowest BCUT2D eigenvalue weighted by Crippen LogP contribution is -2.43. The van der Waals surface area contributed by atoms with Crippen LogP contribution < -0.4 is 4.74 Å². The normalized spacial score (nSPS) is 18.2. The van der Waals surface area contributed by atoms with Crippen molar-refractivity contribution in [3.8, 4) is 5.75 Å². The average Bonchev–Trinajstić information content (AvgIpc) is 2.43. The van der Waals surface area contributed by atoms with Crippen LogP contribution in [0.1, 0.15) is 6.92 Å². The Morgan fingerprint density at radius 2 is 2.05 bits per heavy atom. The standard InChI is InChI=1S/C14H20ClNO3/c1-2-18-14(11-16-7-9-17-10-8-16)19-13-6-4-3-5-12(13)15/h3-6,14H,2,7-11H2,1H3. The van der Waals surface area contributed by atoms with Crippen LogP contribution in [-0.4, -0.2) is 50.6 Å². The van der Waals surface area contributed by atoms with Crippen LogP contribution in [0.25, 0.3) is 0 Å². The molecule has 1 saturated heterocycles. The number of halogens is 1. The summed E-state index contributed by atoms with van der Waals surface area (Å²) in [5, 5.41) is 0.606. The van der Waals surface area contributed by atoms with E-state index in [9.17, 15) is 0 Å². The van der Waals surface area contributed by atoms with E-state index in [4.69, 9.17) is 25.8 Å². The van der Waals surface area contributed by atoms with Crippen LogP contribution >= 0.6 is 11.6 Å². The molecule has 0 saturated carbocycles. The number of ether oxygens (including phenoxy) is 3. The van der Waals surface area contributed by atoms with Crippen LogP contribution in [-0.2, 0) is 9.47 Å². The van der Waals surface area contributed by atoms with Crippen LogP contribution in [0.3, 0.4) is 0 Å². The fourth-order valence-electron chi connectivity index (χ4n) is 1.99. The second-order valence-electron chi connectivity index (χ2n) is 4.35. The van der Waals surface area contributed by atoms with E-state index in [-0.39, 0.29) is 6.29 Å². The summed E-state index contributed by atoms with van der Waals surface area (Å²) in [6, 6.07) is 7.45. The maximum absolute atomic E-state index is 6.10. The Kier molecular flexibility index (Phi) is 5.92. The Morgan fingerprint density at radius 3 is 2.74 bits per heavy atom. The molecule has 1 atom stereocenters. The maximum atomic E-state index is 6.10. The van der Waals surface area contributed by atoms with Gasteiger partial charge in [0.05, 0.1) is 24.8 Å². The quantitative estimate of drug-likeness (QED) is 0.751. The van der Waals surface area contributed by atoms with Crippen molar-refractivity contribution < 1.29 is 14.2 Å². The van der Waals surface area contributed by atoms with Gasteiger partial charge in [0.25, 0.3) is 0 Å². The summed E-state index contributed by atoms with van der Waals surface area (Å²) < 4.78 is 16.8. The number of hydrogen-bond donors (Lipinski definition) is 0. The van der Waals surface area contributed by atoms with Crippen molar-refractivity contribution in [3.63, 3.8) is 0 Å². The molecule has 0 amide bonds. The van der Waals surface area contributed by atoms with E-state index in [1.165, 1.54) is 0 Å². The fraction of sp³-hybridized carbons (Fsp3) is 0.571. The van der Waals surface area contributed by atoms with E-state index in [2.05, 4.69) is 4.90 Å². The molecule has 0 aromatic heterocycles. The summed E-state index contributed by atoms with van der Waals surface area (Å²) in [5.74, 6) is 0.663. The predicted molar refractivity (Wildman–Crippen MR) is 74.8 cm³/mol. The summed E-state index contributed by atoms with van der Waals surface area (Å²) >= 11 is 6.10. The van der Waals surface area contributed by atoms with Gasteiger partial charge in [0.2, 0.25) is 6.29 Å². The molecular weight excluding hydrogens is 266 g/mol. The first-order valence-corrected chi connectivity index (χ1v) is 7.00. The van der Waals surface area contributed by atoms with Gasteiger partial charge in [0.1, 0.15) is 5.75 Å². The Bertz CT molecular complexity index is 383. The summed E-state index contributed by atoms with van der Waals surface area (Å²) in [4.78, 5) is 2.28. The van der Waals surface area contributed by atoms with Gasteiger partial charge in [-0.15, -0.1) is 0 Å². The Hall–Kier alpha value is -0.810. The number of nitrogens with zero attached hydrogens (tertiary/aromatic N) is 1. The van der Waals surface area contributed by atoms with E-state index < -0.39 is 0 Å². The molecule has 106 valence electrons. The molecular formula is C14H20ClNO3. The predicted octanol–water partition coefficient (Wildman–Crippen LogP) is 2.41. The largest absolute Gasteiger partial charge is 0.462 e. The Morgan fingerprint density at radius 1 is 1.32 bits per heavy atom. The zero-order valence-electron chi connectivity index (χ0n) is 11.2. The van der Waals surface area contributed by atoms with Gasteiger partial charge < -0.3 is 14.2 Å². The van der Waals surface area contributed by atoms with Crippen molar-refractivity contribution in [3.05, 3.63) is 29.3 Å². The summed E-state index contributed by atoms with van der Waals surface area (Å²) in [6.07, 6.45) is -0.303. The lowest BCUT2D eigenvalue weighted by Gasteiger charge is -2.30. The van der Waals surface area contributed by atoms with Crippen molar-refractivity contribution >= 4 is 11.6 Å². The molecule has 2 rings (SSSR count). The highest BCUT2D eigenvalue weighted by molar-refractivity contribution is 6.32. The first-order chi connectivity index (χ1) is 9.29. The van der Waals surface area contributed by atoms with Gasteiger partial charge in [0.15, 0.2) is 0 Å². The van der Waals surface area contributed by atoms with E-state index in [1.807, 2.05) is 31.2 Å². The molecule has 0 radical (unpaired) electrons. The average molecular weight is 286 g/mol. The molecule has 1 aromatic rings. The number of hydrogen-bond acceptors (Lipinski definition) is 4. The topological polar surface area (TPSA) is 30.9 Å². The molecule has 4 nitrogen and oxygen atoms in total. The van der Waals surface area contributed by atoms with Gasteiger partial charge >= 0.3 is 0 Å². The number of rotatable bonds is 6. The molecule has 1 aliphatic rings. The SMILES string of the molecule is CCOC(CN1CCOCC1)Oc1ccccc1Cl. The second kappa shape index (κ2) is 7.70. The van der Waals surface area contributed by atoms with E-state index in [0.29, 0.717) is 17.4 Å². The second-order valence-corrected chi connectivity index (χ2v) is 4.75. The number of para-hydroxylation sites is 1.